The van der Waals surface area contributed by atoms with E-state index in [2.05, 4.69) is 16.0 Å². The zero-order chi connectivity index (χ0) is 25.9. The van der Waals surface area contributed by atoms with E-state index < -0.39 is 72.1 Å². The molecule has 0 heterocycles. The maximum absolute atomic E-state index is 12.9. The zero-order valence-electron chi connectivity index (χ0n) is 19.3. The van der Waals surface area contributed by atoms with E-state index in [0.717, 1.165) is 0 Å². The summed E-state index contributed by atoms with van der Waals surface area (Å²) in [5, 5.41) is 25.2. The number of primary amides is 1. The molecule has 0 aromatic heterocycles. The number of carboxylic acids is 2. The quantitative estimate of drug-likeness (QED) is 0.143. The Balaban J connectivity index is 5.58. The van der Waals surface area contributed by atoms with Crippen LogP contribution in [0.5, 0.6) is 0 Å². The van der Waals surface area contributed by atoms with E-state index in [1.54, 1.807) is 27.7 Å². The molecule has 9 N–H and O–H groups in total. The predicted octanol–water partition coefficient (Wildman–Crippen LogP) is -1.70. The second kappa shape index (κ2) is 14.0. The Kier molecular flexibility index (Phi) is 12.7. The Hall–Kier alpha value is -3.22. The highest BCUT2D eigenvalue weighted by molar-refractivity contribution is 5.95. The van der Waals surface area contributed by atoms with Crippen molar-refractivity contribution in [1.82, 2.24) is 16.0 Å². The van der Waals surface area contributed by atoms with Crippen molar-refractivity contribution in [1.29, 1.82) is 0 Å². The molecule has 13 heteroatoms. The Labute approximate surface area is 192 Å². The lowest BCUT2D eigenvalue weighted by Crippen LogP contribution is -2.58. The summed E-state index contributed by atoms with van der Waals surface area (Å²) in [5.74, 6) is -6.29. The van der Waals surface area contributed by atoms with Gasteiger partial charge in [0.1, 0.15) is 18.1 Å². The van der Waals surface area contributed by atoms with E-state index in [1.165, 1.54) is 0 Å². The minimum Gasteiger partial charge on any atom is -0.481 e. The van der Waals surface area contributed by atoms with Crippen molar-refractivity contribution in [3.8, 4) is 0 Å². The highest BCUT2D eigenvalue weighted by Gasteiger charge is 2.32. The fraction of sp³-hybridized carbons (Fsp3) is 0.700. The molecule has 0 fully saturated rings. The maximum Gasteiger partial charge on any atom is 0.326 e. The largest absolute Gasteiger partial charge is 0.481 e. The number of carbonyl (C=O) groups excluding carboxylic acids is 4. The van der Waals surface area contributed by atoms with Crippen LogP contribution in [0.2, 0.25) is 0 Å². The third kappa shape index (κ3) is 11.8. The molecule has 0 aromatic rings. The number of nitrogens with one attached hydrogen (secondary N) is 3. The van der Waals surface area contributed by atoms with Gasteiger partial charge in [-0.25, -0.2) is 4.79 Å². The Bertz CT molecular complexity index is 740. The molecule has 4 unspecified atom stereocenters. The van der Waals surface area contributed by atoms with Gasteiger partial charge in [0.2, 0.25) is 23.6 Å². The van der Waals surface area contributed by atoms with Gasteiger partial charge in [-0.2, -0.15) is 0 Å². The van der Waals surface area contributed by atoms with Gasteiger partial charge in [0, 0.05) is 6.42 Å². The molecule has 13 nitrogen and oxygen atoms in total. The van der Waals surface area contributed by atoms with Crippen molar-refractivity contribution in [2.45, 2.75) is 77.5 Å². The summed E-state index contributed by atoms with van der Waals surface area (Å²) in [5.41, 5.74) is 10.7. The SMILES string of the molecule is CC(C)CC(NC(=O)C(N)CC(=O)O)C(=O)NC(CCC(N)=O)C(=O)NC(C(=O)O)C(C)C. The van der Waals surface area contributed by atoms with E-state index in [9.17, 15) is 33.9 Å². The topological polar surface area (TPSA) is 231 Å². The second-order valence-electron chi connectivity index (χ2n) is 8.53. The predicted molar refractivity (Wildman–Crippen MR) is 116 cm³/mol. The van der Waals surface area contributed by atoms with Crippen LogP contribution in [-0.4, -0.2) is 69.9 Å². The van der Waals surface area contributed by atoms with Gasteiger partial charge in [0.25, 0.3) is 0 Å². The molecule has 0 saturated heterocycles. The summed E-state index contributed by atoms with van der Waals surface area (Å²) in [6.45, 7) is 6.73. The monoisotopic (exact) mass is 473 g/mol. The third-order valence-corrected chi connectivity index (χ3v) is 4.61. The molecule has 0 saturated carbocycles. The number of carboxylic acid groups (broad SMARTS) is 2. The van der Waals surface area contributed by atoms with Crippen LogP contribution in [0, 0.1) is 11.8 Å². The fourth-order valence-electron chi connectivity index (χ4n) is 2.86. The minimum atomic E-state index is -1.39. The number of carbonyl (C=O) groups is 6. The molecule has 0 radical (unpaired) electrons. The van der Waals surface area contributed by atoms with Crippen LogP contribution in [0.1, 0.15) is 53.4 Å². The molecule has 4 amide bonds. The first-order valence-corrected chi connectivity index (χ1v) is 10.5. The van der Waals surface area contributed by atoms with Gasteiger partial charge in [0.15, 0.2) is 0 Å². The van der Waals surface area contributed by atoms with Crippen LogP contribution in [-0.2, 0) is 28.8 Å². The standard InChI is InChI=1S/C20H35N5O8/c1-9(2)7-13(24-17(29)11(21)8-15(27)28)19(31)23-12(5-6-14(22)26)18(30)25-16(10(3)4)20(32)33/h9-13,16H,5-8,21H2,1-4H3,(H2,22,26)(H,23,31)(H,24,29)(H,25,30)(H,27,28)(H,32,33). The number of nitrogens with two attached hydrogens (primary N) is 2. The highest BCUT2D eigenvalue weighted by atomic mass is 16.4. The van der Waals surface area contributed by atoms with Crippen LogP contribution >= 0.6 is 0 Å². The number of rotatable bonds is 15. The molecule has 33 heavy (non-hydrogen) atoms. The lowest BCUT2D eigenvalue weighted by atomic mass is 10.0. The van der Waals surface area contributed by atoms with Crippen LogP contribution in [0.25, 0.3) is 0 Å². The number of aliphatic carboxylic acids is 2. The minimum absolute atomic E-state index is 0.0769. The van der Waals surface area contributed by atoms with Gasteiger partial charge in [-0.3, -0.25) is 24.0 Å². The van der Waals surface area contributed by atoms with Crippen LogP contribution in [0.3, 0.4) is 0 Å². The molecule has 0 aromatic carbocycles. The van der Waals surface area contributed by atoms with E-state index in [1.807, 2.05) is 0 Å². The first-order valence-electron chi connectivity index (χ1n) is 10.5. The van der Waals surface area contributed by atoms with Gasteiger partial charge in [0.05, 0.1) is 12.5 Å². The summed E-state index contributed by atoms with van der Waals surface area (Å²) < 4.78 is 0. The van der Waals surface area contributed by atoms with E-state index in [4.69, 9.17) is 16.6 Å². The van der Waals surface area contributed by atoms with E-state index in [0.29, 0.717) is 0 Å². The van der Waals surface area contributed by atoms with Crippen molar-refractivity contribution in [2.75, 3.05) is 0 Å². The smallest absolute Gasteiger partial charge is 0.326 e. The lowest BCUT2D eigenvalue weighted by molar-refractivity contribution is -0.143. The number of hydrogen-bond acceptors (Lipinski definition) is 7. The summed E-state index contributed by atoms with van der Waals surface area (Å²) >= 11 is 0. The number of hydrogen-bond donors (Lipinski definition) is 7. The molecule has 0 aliphatic heterocycles. The molecule has 4 atom stereocenters. The average molecular weight is 474 g/mol. The first kappa shape index (κ1) is 29.8. The summed E-state index contributed by atoms with van der Waals surface area (Å²) in [7, 11) is 0. The molecule has 0 aliphatic rings. The van der Waals surface area contributed by atoms with Crippen molar-refractivity contribution in [3.05, 3.63) is 0 Å². The summed E-state index contributed by atoms with van der Waals surface area (Å²) in [6, 6.07) is -5.07. The van der Waals surface area contributed by atoms with Gasteiger partial charge in [-0.05, 0) is 24.7 Å². The van der Waals surface area contributed by atoms with E-state index >= 15 is 0 Å². The van der Waals surface area contributed by atoms with Crippen molar-refractivity contribution < 1.29 is 39.0 Å². The summed E-state index contributed by atoms with van der Waals surface area (Å²) in [4.78, 5) is 71.2. The van der Waals surface area contributed by atoms with Crippen molar-refractivity contribution in [2.24, 2.45) is 23.3 Å². The average Bonchev–Trinajstić information content (AvgIpc) is 2.66. The maximum atomic E-state index is 12.9. The van der Waals surface area contributed by atoms with Crippen LogP contribution in [0.15, 0.2) is 0 Å². The zero-order valence-corrected chi connectivity index (χ0v) is 19.3. The normalized spacial score (nSPS) is 14.6. The van der Waals surface area contributed by atoms with Crippen molar-refractivity contribution >= 4 is 35.6 Å². The lowest BCUT2D eigenvalue weighted by Gasteiger charge is -2.26. The second-order valence-corrected chi connectivity index (χ2v) is 8.53. The Morgan fingerprint density at radius 2 is 1.33 bits per heavy atom. The van der Waals surface area contributed by atoms with Crippen molar-refractivity contribution in [3.63, 3.8) is 0 Å². The molecule has 0 rings (SSSR count). The first-order chi connectivity index (χ1) is 15.1. The molecular formula is C20H35N5O8. The Morgan fingerprint density at radius 1 is 0.818 bits per heavy atom. The third-order valence-electron chi connectivity index (χ3n) is 4.61. The number of amides is 4. The van der Waals surface area contributed by atoms with Crippen LogP contribution < -0.4 is 27.4 Å². The Morgan fingerprint density at radius 3 is 1.76 bits per heavy atom. The molecule has 0 bridgehead atoms. The van der Waals surface area contributed by atoms with Gasteiger partial charge in [-0.1, -0.05) is 27.7 Å². The van der Waals surface area contributed by atoms with E-state index in [-0.39, 0.29) is 25.2 Å². The van der Waals surface area contributed by atoms with Crippen LogP contribution in [0.4, 0.5) is 0 Å². The van der Waals surface area contributed by atoms with Gasteiger partial charge < -0.3 is 37.6 Å². The fourth-order valence-corrected chi connectivity index (χ4v) is 2.86. The summed E-state index contributed by atoms with van der Waals surface area (Å²) in [6.07, 6.45) is -0.955. The van der Waals surface area contributed by atoms with Gasteiger partial charge >= 0.3 is 11.9 Å². The molecule has 188 valence electrons. The molecular weight excluding hydrogens is 438 g/mol. The van der Waals surface area contributed by atoms with Gasteiger partial charge in [-0.15, -0.1) is 0 Å². The molecule has 0 spiro atoms. The molecule has 0 aliphatic carbocycles. The highest BCUT2D eigenvalue weighted by Crippen LogP contribution is 2.09.